The van der Waals surface area contributed by atoms with Gasteiger partial charge in [-0.1, -0.05) is 12.1 Å². The Morgan fingerprint density at radius 3 is 2.60 bits per heavy atom. The summed E-state index contributed by atoms with van der Waals surface area (Å²) in [5.74, 6) is -0.417. The molecule has 0 fully saturated rings. The van der Waals surface area contributed by atoms with Crippen LogP contribution in [0, 0.1) is 5.82 Å². The zero-order valence-corrected chi connectivity index (χ0v) is 5.94. The lowest BCUT2D eigenvalue weighted by Crippen LogP contribution is -1.88. The molecular weight excluding hydrogens is 151 g/mol. The lowest BCUT2D eigenvalue weighted by molar-refractivity contribution is 0.109. The summed E-state index contributed by atoms with van der Waals surface area (Å²) < 4.78 is 12.3. The molecule has 0 N–H and O–H groups in total. The Hall–Kier alpha value is -0.830. The molecule has 0 bridgehead atoms. The molecule has 0 radical (unpaired) electrons. The molecule has 10 heavy (non-hydrogen) atoms. The molecule has 0 saturated heterocycles. The predicted molar refractivity (Wildman–Crippen MR) is 39.7 cm³/mol. The summed E-state index contributed by atoms with van der Waals surface area (Å²) >= 11 is 3.53. The van der Waals surface area contributed by atoms with Gasteiger partial charge < -0.3 is 0 Å². The Labute approximate surface area is 63.3 Å². The Bertz CT molecular complexity index is 260. The third kappa shape index (κ3) is 1.57. The van der Waals surface area contributed by atoms with E-state index >= 15 is 0 Å². The summed E-state index contributed by atoms with van der Waals surface area (Å²) in [5.41, 5.74) is 0.281. The van der Waals surface area contributed by atoms with Gasteiger partial charge >= 0.3 is 0 Å². The number of rotatable bonds is 1. The summed E-state index contributed by atoms with van der Waals surface area (Å²) in [6.07, 6.45) is 0. The maximum Gasteiger partial charge on any atom is 0.216 e. The SMILES string of the molecule is O=C(S)c1cccc(F)c1. The normalized spacial score (nSPS) is 9.40. The van der Waals surface area contributed by atoms with Crippen molar-refractivity contribution in [2.75, 3.05) is 0 Å². The van der Waals surface area contributed by atoms with Crippen LogP contribution in [-0.2, 0) is 0 Å². The second kappa shape index (κ2) is 2.84. The van der Waals surface area contributed by atoms with E-state index in [0.717, 1.165) is 6.07 Å². The first kappa shape index (κ1) is 7.28. The van der Waals surface area contributed by atoms with E-state index in [0.29, 0.717) is 0 Å². The van der Waals surface area contributed by atoms with Crippen LogP contribution in [0.5, 0.6) is 0 Å². The van der Waals surface area contributed by atoms with Crippen LogP contribution in [0.3, 0.4) is 0 Å². The first-order valence-electron chi connectivity index (χ1n) is 2.69. The van der Waals surface area contributed by atoms with Crippen molar-refractivity contribution in [2.45, 2.75) is 0 Å². The summed E-state index contributed by atoms with van der Waals surface area (Å²) in [7, 11) is 0. The Morgan fingerprint density at radius 2 is 2.20 bits per heavy atom. The van der Waals surface area contributed by atoms with Crippen molar-refractivity contribution < 1.29 is 9.18 Å². The Morgan fingerprint density at radius 1 is 1.50 bits per heavy atom. The summed E-state index contributed by atoms with van der Waals surface area (Å²) in [5, 5.41) is -0.417. The maximum absolute atomic E-state index is 12.3. The molecule has 0 spiro atoms. The predicted octanol–water partition coefficient (Wildman–Crippen LogP) is 1.90. The van der Waals surface area contributed by atoms with E-state index in [-0.39, 0.29) is 5.56 Å². The maximum atomic E-state index is 12.3. The van der Waals surface area contributed by atoms with Crippen molar-refractivity contribution in [1.29, 1.82) is 0 Å². The number of halogens is 1. The highest BCUT2D eigenvalue weighted by Gasteiger charge is 1.98. The van der Waals surface area contributed by atoms with Gasteiger partial charge in [-0.15, -0.1) is 12.6 Å². The quantitative estimate of drug-likeness (QED) is 0.614. The van der Waals surface area contributed by atoms with Gasteiger partial charge in [0.25, 0.3) is 0 Å². The minimum atomic E-state index is -0.417. The van der Waals surface area contributed by atoms with Crippen LogP contribution in [0.25, 0.3) is 0 Å². The van der Waals surface area contributed by atoms with Gasteiger partial charge in [0.1, 0.15) is 5.82 Å². The molecule has 0 aliphatic heterocycles. The van der Waals surface area contributed by atoms with Gasteiger partial charge in [0, 0.05) is 5.56 Å². The van der Waals surface area contributed by atoms with E-state index < -0.39 is 10.9 Å². The molecule has 1 rings (SSSR count). The zero-order chi connectivity index (χ0) is 7.56. The van der Waals surface area contributed by atoms with Crippen molar-refractivity contribution in [1.82, 2.24) is 0 Å². The summed E-state index contributed by atoms with van der Waals surface area (Å²) in [6, 6.07) is 5.41. The van der Waals surface area contributed by atoms with Gasteiger partial charge in [-0.05, 0) is 12.1 Å². The molecule has 0 heterocycles. The van der Waals surface area contributed by atoms with Crippen LogP contribution in [-0.4, -0.2) is 5.12 Å². The van der Waals surface area contributed by atoms with Gasteiger partial charge in [0.15, 0.2) is 0 Å². The molecule has 3 heteroatoms. The minimum absolute atomic E-state index is 0.281. The third-order valence-electron chi connectivity index (χ3n) is 1.07. The fraction of sp³-hybridized carbons (Fsp3) is 0. The van der Waals surface area contributed by atoms with Crippen molar-refractivity contribution in [2.24, 2.45) is 0 Å². The zero-order valence-electron chi connectivity index (χ0n) is 5.04. The van der Waals surface area contributed by atoms with Crippen LogP contribution in [0.1, 0.15) is 10.4 Å². The molecule has 52 valence electrons. The molecule has 1 aromatic carbocycles. The topological polar surface area (TPSA) is 17.1 Å². The van der Waals surface area contributed by atoms with E-state index in [2.05, 4.69) is 12.6 Å². The fourth-order valence-electron chi connectivity index (χ4n) is 0.622. The second-order valence-electron chi connectivity index (χ2n) is 1.82. The smallest absolute Gasteiger partial charge is 0.216 e. The molecule has 1 aromatic rings. The first-order valence-corrected chi connectivity index (χ1v) is 3.14. The highest BCUT2D eigenvalue weighted by Crippen LogP contribution is 2.05. The highest BCUT2D eigenvalue weighted by atomic mass is 32.1. The van der Waals surface area contributed by atoms with E-state index in [1.54, 1.807) is 0 Å². The standard InChI is InChI=1S/C7H5FOS/c8-6-3-1-2-5(4-6)7(9)10/h1-4H,(H,9,10). The molecule has 0 unspecified atom stereocenters. The molecule has 0 amide bonds. The van der Waals surface area contributed by atoms with Crippen molar-refractivity contribution in [3.8, 4) is 0 Å². The van der Waals surface area contributed by atoms with Gasteiger partial charge in [-0.25, -0.2) is 4.39 Å². The van der Waals surface area contributed by atoms with Gasteiger partial charge in [0.2, 0.25) is 5.12 Å². The number of benzene rings is 1. The number of carbonyl (C=O) groups excluding carboxylic acids is 1. The molecule has 0 atom stereocenters. The van der Waals surface area contributed by atoms with E-state index in [9.17, 15) is 9.18 Å². The number of thiol groups is 1. The van der Waals surface area contributed by atoms with Crippen molar-refractivity contribution in [3.63, 3.8) is 0 Å². The van der Waals surface area contributed by atoms with Crippen LogP contribution in [0.2, 0.25) is 0 Å². The minimum Gasteiger partial charge on any atom is -0.282 e. The first-order chi connectivity index (χ1) is 4.70. The number of hydrogen-bond donors (Lipinski definition) is 1. The fourth-order valence-corrected chi connectivity index (χ4v) is 0.761. The lowest BCUT2D eigenvalue weighted by atomic mass is 10.2. The Kier molecular flexibility index (Phi) is 2.06. The van der Waals surface area contributed by atoms with Gasteiger partial charge in [0.05, 0.1) is 0 Å². The van der Waals surface area contributed by atoms with E-state index in [1.807, 2.05) is 0 Å². The average Bonchev–Trinajstić information content (AvgIpc) is 1.88. The highest BCUT2D eigenvalue weighted by molar-refractivity contribution is 7.97. The van der Waals surface area contributed by atoms with Crippen LogP contribution in [0.4, 0.5) is 4.39 Å². The van der Waals surface area contributed by atoms with E-state index in [4.69, 9.17) is 0 Å². The largest absolute Gasteiger partial charge is 0.282 e. The lowest BCUT2D eigenvalue weighted by Gasteiger charge is -1.91. The van der Waals surface area contributed by atoms with Crippen LogP contribution in [0.15, 0.2) is 24.3 Å². The van der Waals surface area contributed by atoms with Crippen molar-refractivity contribution >= 4 is 17.7 Å². The molecule has 1 nitrogen and oxygen atoms in total. The van der Waals surface area contributed by atoms with Crippen LogP contribution >= 0.6 is 12.6 Å². The summed E-state index contributed by atoms with van der Waals surface area (Å²) in [6.45, 7) is 0. The van der Waals surface area contributed by atoms with Gasteiger partial charge in [-0.3, -0.25) is 4.79 Å². The van der Waals surface area contributed by atoms with Crippen molar-refractivity contribution in [3.05, 3.63) is 35.6 Å². The molecule has 0 saturated carbocycles. The summed E-state index contributed by atoms with van der Waals surface area (Å²) in [4.78, 5) is 10.5. The average molecular weight is 156 g/mol. The molecule has 0 aliphatic carbocycles. The monoisotopic (exact) mass is 156 g/mol. The van der Waals surface area contributed by atoms with E-state index in [1.165, 1.54) is 18.2 Å². The molecule has 0 aliphatic rings. The Balaban J connectivity index is 3.07. The number of hydrogen-bond acceptors (Lipinski definition) is 1. The van der Waals surface area contributed by atoms with Gasteiger partial charge in [-0.2, -0.15) is 0 Å². The van der Waals surface area contributed by atoms with Crippen LogP contribution < -0.4 is 0 Å². The molecule has 0 aromatic heterocycles. The second-order valence-corrected chi connectivity index (χ2v) is 2.22. The molecular formula is C7H5FOS. The number of carbonyl (C=O) groups is 1. The third-order valence-corrected chi connectivity index (χ3v) is 1.33.